The minimum atomic E-state index is -0.399. The largest absolute Gasteiger partial charge is 0.291 e. The van der Waals surface area contributed by atoms with Crippen LogP contribution in [0, 0.1) is 12.7 Å². The standard InChI is InChI=1S/C15H11Cl2FN2/c1-9-5-6-13-12(7-9)19-14(8-16)20(13)15-10(17)3-2-4-11(15)18/h2-7H,8H2,1H3. The normalized spacial score (nSPS) is 11.2. The molecule has 20 heavy (non-hydrogen) atoms. The third-order valence-electron chi connectivity index (χ3n) is 3.16. The van der Waals surface area contributed by atoms with Gasteiger partial charge in [0, 0.05) is 0 Å². The van der Waals surface area contributed by atoms with Gasteiger partial charge in [-0.15, -0.1) is 11.6 Å². The van der Waals surface area contributed by atoms with Crippen LogP contribution in [0.2, 0.25) is 5.02 Å². The second-order valence-corrected chi connectivity index (χ2v) is 5.23. The van der Waals surface area contributed by atoms with Crippen molar-refractivity contribution in [2.45, 2.75) is 12.8 Å². The summed E-state index contributed by atoms with van der Waals surface area (Å²) in [7, 11) is 0. The van der Waals surface area contributed by atoms with Crippen LogP contribution in [0.25, 0.3) is 16.7 Å². The van der Waals surface area contributed by atoms with Crippen LogP contribution in [-0.2, 0) is 5.88 Å². The molecular formula is C15H11Cl2FN2. The van der Waals surface area contributed by atoms with E-state index in [9.17, 15) is 4.39 Å². The van der Waals surface area contributed by atoms with Crippen molar-refractivity contribution < 1.29 is 4.39 Å². The first-order valence-electron chi connectivity index (χ1n) is 6.10. The number of hydrogen-bond donors (Lipinski definition) is 0. The van der Waals surface area contributed by atoms with Gasteiger partial charge in [0.2, 0.25) is 0 Å². The van der Waals surface area contributed by atoms with Gasteiger partial charge in [0.05, 0.1) is 21.9 Å². The van der Waals surface area contributed by atoms with E-state index in [-0.39, 0.29) is 11.6 Å². The van der Waals surface area contributed by atoms with Crippen molar-refractivity contribution in [2.75, 3.05) is 0 Å². The van der Waals surface area contributed by atoms with Gasteiger partial charge in [0.15, 0.2) is 0 Å². The van der Waals surface area contributed by atoms with Gasteiger partial charge in [-0.2, -0.15) is 0 Å². The molecule has 5 heteroatoms. The number of para-hydroxylation sites is 1. The monoisotopic (exact) mass is 308 g/mol. The van der Waals surface area contributed by atoms with Crippen molar-refractivity contribution in [2.24, 2.45) is 0 Å². The van der Waals surface area contributed by atoms with E-state index in [1.165, 1.54) is 6.07 Å². The molecule has 3 rings (SSSR count). The quantitative estimate of drug-likeness (QED) is 0.618. The lowest BCUT2D eigenvalue weighted by Crippen LogP contribution is -2.03. The number of rotatable bonds is 2. The fourth-order valence-electron chi connectivity index (χ4n) is 2.28. The van der Waals surface area contributed by atoms with Gasteiger partial charge in [-0.1, -0.05) is 23.7 Å². The van der Waals surface area contributed by atoms with E-state index < -0.39 is 5.82 Å². The Kier molecular flexibility index (Phi) is 3.40. The van der Waals surface area contributed by atoms with Gasteiger partial charge in [-0.3, -0.25) is 4.57 Å². The Morgan fingerprint density at radius 1 is 1.25 bits per heavy atom. The number of halogens is 3. The van der Waals surface area contributed by atoms with Crippen LogP contribution in [0.5, 0.6) is 0 Å². The molecule has 0 saturated carbocycles. The van der Waals surface area contributed by atoms with E-state index in [0.717, 1.165) is 16.6 Å². The topological polar surface area (TPSA) is 17.8 Å². The van der Waals surface area contributed by atoms with Crippen LogP contribution in [-0.4, -0.2) is 9.55 Å². The Morgan fingerprint density at radius 2 is 2.05 bits per heavy atom. The van der Waals surface area contributed by atoms with E-state index >= 15 is 0 Å². The van der Waals surface area contributed by atoms with Gasteiger partial charge in [0.1, 0.15) is 17.3 Å². The molecule has 1 heterocycles. The van der Waals surface area contributed by atoms with Gasteiger partial charge in [-0.05, 0) is 36.8 Å². The van der Waals surface area contributed by atoms with E-state index in [1.54, 1.807) is 16.7 Å². The molecule has 0 unspecified atom stereocenters. The number of imidazole rings is 1. The van der Waals surface area contributed by atoms with Crippen LogP contribution < -0.4 is 0 Å². The van der Waals surface area contributed by atoms with Crippen molar-refractivity contribution in [3.05, 3.63) is 58.6 Å². The zero-order chi connectivity index (χ0) is 14.3. The summed E-state index contributed by atoms with van der Waals surface area (Å²) in [6.45, 7) is 1.98. The van der Waals surface area contributed by atoms with Crippen LogP contribution in [0.3, 0.4) is 0 Å². The van der Waals surface area contributed by atoms with Gasteiger partial charge < -0.3 is 0 Å². The molecule has 1 aromatic heterocycles. The summed E-state index contributed by atoms with van der Waals surface area (Å²) in [6.07, 6.45) is 0. The maximum absolute atomic E-state index is 14.2. The van der Waals surface area contributed by atoms with Gasteiger partial charge in [-0.25, -0.2) is 9.37 Å². The predicted molar refractivity (Wildman–Crippen MR) is 80.3 cm³/mol. The first-order valence-corrected chi connectivity index (χ1v) is 7.01. The second-order valence-electron chi connectivity index (χ2n) is 4.56. The zero-order valence-corrected chi connectivity index (χ0v) is 12.2. The summed E-state index contributed by atoms with van der Waals surface area (Å²) < 4.78 is 15.8. The molecule has 3 aromatic rings. The average Bonchev–Trinajstić information content (AvgIpc) is 2.76. The van der Waals surface area contributed by atoms with Crippen molar-refractivity contribution in [1.82, 2.24) is 9.55 Å². The van der Waals surface area contributed by atoms with Crippen LogP contribution >= 0.6 is 23.2 Å². The highest BCUT2D eigenvalue weighted by Gasteiger charge is 2.17. The molecular weight excluding hydrogens is 298 g/mol. The predicted octanol–water partition coefficient (Wildman–Crippen LogP) is 4.87. The Labute approximate surface area is 125 Å². The van der Waals surface area contributed by atoms with Gasteiger partial charge >= 0.3 is 0 Å². The van der Waals surface area contributed by atoms with E-state index in [4.69, 9.17) is 23.2 Å². The summed E-state index contributed by atoms with van der Waals surface area (Å²) in [4.78, 5) is 4.46. The van der Waals surface area contributed by atoms with Crippen molar-refractivity contribution in [3.8, 4) is 5.69 Å². The molecule has 0 N–H and O–H groups in total. The molecule has 0 bridgehead atoms. The number of alkyl halides is 1. The summed E-state index contributed by atoms with van der Waals surface area (Å²) in [5.74, 6) is 0.348. The Balaban J connectivity index is 2.40. The lowest BCUT2D eigenvalue weighted by molar-refractivity contribution is 0.618. The minimum Gasteiger partial charge on any atom is -0.291 e. The third-order valence-corrected chi connectivity index (χ3v) is 3.70. The zero-order valence-electron chi connectivity index (χ0n) is 10.7. The number of nitrogens with zero attached hydrogens (tertiary/aromatic N) is 2. The summed E-state index contributed by atoms with van der Waals surface area (Å²) in [5, 5.41) is 0.330. The van der Waals surface area contributed by atoms with Crippen molar-refractivity contribution in [3.63, 3.8) is 0 Å². The number of aromatic nitrogens is 2. The molecule has 0 aliphatic rings. The minimum absolute atomic E-state index is 0.179. The number of fused-ring (bicyclic) bond motifs is 1. The Morgan fingerprint density at radius 3 is 2.75 bits per heavy atom. The highest BCUT2D eigenvalue weighted by Crippen LogP contribution is 2.30. The van der Waals surface area contributed by atoms with E-state index in [0.29, 0.717) is 10.8 Å². The van der Waals surface area contributed by atoms with Gasteiger partial charge in [0.25, 0.3) is 0 Å². The number of aryl methyl sites for hydroxylation is 1. The highest BCUT2D eigenvalue weighted by molar-refractivity contribution is 6.32. The maximum atomic E-state index is 14.2. The van der Waals surface area contributed by atoms with Crippen molar-refractivity contribution in [1.29, 1.82) is 0 Å². The number of benzene rings is 2. The van der Waals surface area contributed by atoms with Crippen LogP contribution in [0.15, 0.2) is 36.4 Å². The fraction of sp³-hybridized carbons (Fsp3) is 0.133. The molecule has 0 spiro atoms. The molecule has 0 fully saturated rings. The molecule has 2 nitrogen and oxygen atoms in total. The number of hydrogen-bond acceptors (Lipinski definition) is 1. The second kappa shape index (κ2) is 5.08. The van der Waals surface area contributed by atoms with Crippen LogP contribution in [0.1, 0.15) is 11.4 Å². The molecule has 0 radical (unpaired) electrons. The Hall–Kier alpha value is -1.58. The maximum Gasteiger partial charge on any atom is 0.148 e. The van der Waals surface area contributed by atoms with E-state index in [1.807, 2.05) is 25.1 Å². The first kappa shape index (κ1) is 13.4. The molecule has 0 aliphatic carbocycles. The molecule has 2 aromatic carbocycles. The SMILES string of the molecule is Cc1ccc2c(c1)nc(CCl)n2-c1c(F)cccc1Cl. The summed E-state index contributed by atoms with van der Waals surface area (Å²) in [6, 6.07) is 10.4. The Bertz CT molecular complexity index is 776. The highest BCUT2D eigenvalue weighted by atomic mass is 35.5. The smallest absolute Gasteiger partial charge is 0.148 e. The van der Waals surface area contributed by atoms with Crippen LogP contribution in [0.4, 0.5) is 4.39 Å². The first-order chi connectivity index (χ1) is 9.61. The lowest BCUT2D eigenvalue weighted by atomic mass is 10.2. The van der Waals surface area contributed by atoms with Crippen molar-refractivity contribution >= 4 is 34.2 Å². The fourth-order valence-corrected chi connectivity index (χ4v) is 2.71. The molecule has 0 atom stereocenters. The van der Waals surface area contributed by atoms with E-state index in [2.05, 4.69) is 4.98 Å². The molecule has 0 amide bonds. The molecule has 102 valence electrons. The lowest BCUT2D eigenvalue weighted by Gasteiger charge is -2.11. The molecule has 0 saturated heterocycles. The summed E-state index contributed by atoms with van der Waals surface area (Å²) >= 11 is 12.1. The third kappa shape index (κ3) is 2.07. The summed E-state index contributed by atoms with van der Waals surface area (Å²) in [5.41, 5.74) is 2.94. The molecule has 0 aliphatic heterocycles. The average molecular weight is 309 g/mol.